The molecule has 0 aliphatic heterocycles. The third-order valence-electron chi connectivity index (χ3n) is 3.96. The molecule has 0 atom stereocenters. The van der Waals surface area contributed by atoms with Crippen molar-refractivity contribution in [1.29, 1.82) is 0 Å². The highest BCUT2D eigenvalue weighted by molar-refractivity contribution is 6.30. The van der Waals surface area contributed by atoms with Gasteiger partial charge in [0.25, 0.3) is 0 Å². The van der Waals surface area contributed by atoms with Crippen LogP contribution in [0.15, 0.2) is 24.3 Å². The molecule has 0 aromatic heterocycles. The number of amides is 1. The van der Waals surface area contributed by atoms with Crippen molar-refractivity contribution in [3.8, 4) is 0 Å². The largest absolute Gasteiger partial charge is 0.347 e. The zero-order valence-electron chi connectivity index (χ0n) is 11.7. The molecular weight excluding hydrogens is 258 g/mol. The van der Waals surface area contributed by atoms with Crippen LogP contribution in [0, 0.1) is 5.92 Å². The maximum absolute atomic E-state index is 12.3. The Labute approximate surface area is 120 Å². The molecule has 0 spiro atoms. The molecule has 1 fully saturated rings. The summed E-state index contributed by atoms with van der Waals surface area (Å²) >= 11 is 6.02. The minimum Gasteiger partial charge on any atom is -0.347 e. The van der Waals surface area contributed by atoms with Crippen LogP contribution in [0.2, 0.25) is 5.02 Å². The lowest BCUT2D eigenvalue weighted by atomic mass is 9.87. The van der Waals surface area contributed by atoms with Crippen molar-refractivity contribution in [1.82, 2.24) is 5.32 Å². The molecule has 3 heteroatoms. The molecule has 2 nitrogen and oxygen atoms in total. The van der Waals surface area contributed by atoms with Gasteiger partial charge in [-0.15, -0.1) is 0 Å². The van der Waals surface area contributed by atoms with Gasteiger partial charge >= 0.3 is 0 Å². The fourth-order valence-electron chi connectivity index (χ4n) is 2.72. The highest BCUT2D eigenvalue weighted by atomic mass is 35.5. The summed E-state index contributed by atoms with van der Waals surface area (Å²) in [6.45, 7) is 4.05. The van der Waals surface area contributed by atoms with Gasteiger partial charge in [0.1, 0.15) is 0 Å². The zero-order valence-corrected chi connectivity index (χ0v) is 12.5. The Morgan fingerprint density at radius 2 is 1.95 bits per heavy atom. The van der Waals surface area contributed by atoms with Gasteiger partial charge in [0.05, 0.1) is 5.54 Å². The van der Waals surface area contributed by atoms with Crippen LogP contribution in [-0.2, 0) is 10.3 Å². The van der Waals surface area contributed by atoms with Gasteiger partial charge in [-0.05, 0) is 44.4 Å². The van der Waals surface area contributed by atoms with Crippen molar-refractivity contribution in [2.24, 2.45) is 5.92 Å². The van der Waals surface area contributed by atoms with E-state index in [4.69, 9.17) is 11.6 Å². The minimum atomic E-state index is -0.376. The normalized spacial score (nSPS) is 17.2. The summed E-state index contributed by atoms with van der Waals surface area (Å²) in [4.78, 5) is 12.3. The molecule has 1 saturated carbocycles. The molecule has 0 saturated heterocycles. The van der Waals surface area contributed by atoms with E-state index in [9.17, 15) is 4.79 Å². The third-order valence-corrected chi connectivity index (χ3v) is 4.19. The van der Waals surface area contributed by atoms with Crippen LogP contribution in [0.3, 0.4) is 0 Å². The molecule has 0 bridgehead atoms. The van der Waals surface area contributed by atoms with Gasteiger partial charge in [-0.3, -0.25) is 4.79 Å². The Kier molecular flexibility index (Phi) is 4.51. The van der Waals surface area contributed by atoms with E-state index in [-0.39, 0.29) is 17.4 Å². The summed E-state index contributed by atoms with van der Waals surface area (Å²) in [6.07, 6.45) is 5.67. The maximum atomic E-state index is 12.3. The Morgan fingerprint density at radius 1 is 1.26 bits per heavy atom. The number of rotatable bonds is 3. The monoisotopic (exact) mass is 279 g/mol. The van der Waals surface area contributed by atoms with Crippen LogP contribution in [0.25, 0.3) is 0 Å². The van der Waals surface area contributed by atoms with Crippen LogP contribution in [0.1, 0.15) is 51.5 Å². The van der Waals surface area contributed by atoms with Crippen LogP contribution in [0.4, 0.5) is 0 Å². The first-order valence-electron chi connectivity index (χ1n) is 7.07. The summed E-state index contributed by atoms with van der Waals surface area (Å²) in [7, 11) is 0. The smallest absolute Gasteiger partial charge is 0.223 e. The number of benzene rings is 1. The minimum absolute atomic E-state index is 0.185. The number of hydrogen-bond donors (Lipinski definition) is 1. The standard InChI is InChI=1S/C16H22ClNO/c1-16(2,13-9-6-10-14(17)11-13)18-15(19)12-7-4-3-5-8-12/h6,9-12H,3-5,7-8H2,1-2H3,(H,18,19). The molecule has 0 radical (unpaired) electrons. The van der Waals surface area contributed by atoms with Crippen molar-refractivity contribution in [3.63, 3.8) is 0 Å². The molecule has 0 heterocycles. The molecule has 0 unspecified atom stereocenters. The lowest BCUT2D eigenvalue weighted by molar-refractivity contribution is -0.127. The molecule has 1 aromatic carbocycles. The molecule has 1 aromatic rings. The third kappa shape index (κ3) is 3.73. The second kappa shape index (κ2) is 5.96. The van der Waals surface area contributed by atoms with Gasteiger partial charge in [-0.1, -0.05) is 43.0 Å². The second-order valence-electron chi connectivity index (χ2n) is 5.96. The average molecular weight is 280 g/mol. The van der Waals surface area contributed by atoms with Gasteiger partial charge in [0.2, 0.25) is 5.91 Å². The summed E-state index contributed by atoms with van der Waals surface area (Å²) in [5.74, 6) is 0.372. The first-order chi connectivity index (χ1) is 8.99. The Bertz CT molecular complexity index is 450. The van der Waals surface area contributed by atoms with Crippen molar-refractivity contribution in [3.05, 3.63) is 34.9 Å². The molecule has 1 aliphatic carbocycles. The Balaban J connectivity index is 2.05. The highest BCUT2D eigenvalue weighted by Gasteiger charge is 2.28. The van der Waals surface area contributed by atoms with Crippen LogP contribution in [-0.4, -0.2) is 5.91 Å². The summed E-state index contributed by atoms with van der Waals surface area (Å²) in [5.41, 5.74) is 0.670. The fourth-order valence-corrected chi connectivity index (χ4v) is 2.91. The molecule has 1 amide bonds. The molecule has 19 heavy (non-hydrogen) atoms. The van der Waals surface area contributed by atoms with Gasteiger partial charge in [0.15, 0.2) is 0 Å². The highest BCUT2D eigenvalue weighted by Crippen LogP contribution is 2.27. The number of carbonyl (C=O) groups excluding carboxylic acids is 1. The van der Waals surface area contributed by atoms with Crippen molar-refractivity contribution in [2.75, 3.05) is 0 Å². The van der Waals surface area contributed by atoms with E-state index >= 15 is 0 Å². The van der Waals surface area contributed by atoms with E-state index in [0.717, 1.165) is 18.4 Å². The lowest BCUT2D eigenvalue weighted by Gasteiger charge is -2.30. The predicted molar refractivity (Wildman–Crippen MR) is 79.2 cm³/mol. The summed E-state index contributed by atoms with van der Waals surface area (Å²) < 4.78 is 0. The van der Waals surface area contributed by atoms with Gasteiger partial charge in [0, 0.05) is 10.9 Å². The van der Waals surface area contributed by atoms with Crippen LogP contribution in [0.5, 0.6) is 0 Å². The topological polar surface area (TPSA) is 29.1 Å². The number of carbonyl (C=O) groups is 1. The molecule has 104 valence electrons. The van der Waals surface area contributed by atoms with Crippen molar-refractivity contribution in [2.45, 2.75) is 51.5 Å². The SMILES string of the molecule is CC(C)(NC(=O)C1CCCCC1)c1cccc(Cl)c1. The molecular formula is C16H22ClNO. The molecule has 2 rings (SSSR count). The van der Waals surface area contributed by atoms with E-state index in [1.165, 1.54) is 19.3 Å². The Morgan fingerprint density at radius 3 is 2.58 bits per heavy atom. The number of hydrogen-bond acceptors (Lipinski definition) is 1. The van der Waals surface area contributed by atoms with Crippen molar-refractivity contribution >= 4 is 17.5 Å². The molecule has 1 aliphatic rings. The van der Waals surface area contributed by atoms with Crippen molar-refractivity contribution < 1.29 is 4.79 Å². The maximum Gasteiger partial charge on any atom is 0.223 e. The number of halogens is 1. The quantitative estimate of drug-likeness (QED) is 0.879. The van der Waals surface area contributed by atoms with E-state index < -0.39 is 0 Å². The summed E-state index contributed by atoms with van der Waals surface area (Å²) in [5, 5.41) is 3.88. The van der Waals surface area contributed by atoms with Gasteiger partial charge in [-0.25, -0.2) is 0 Å². The Hall–Kier alpha value is -1.02. The second-order valence-corrected chi connectivity index (χ2v) is 6.40. The molecule has 1 N–H and O–H groups in total. The lowest BCUT2D eigenvalue weighted by Crippen LogP contribution is -2.44. The van der Waals surface area contributed by atoms with E-state index in [1.807, 2.05) is 38.1 Å². The summed E-state index contributed by atoms with van der Waals surface area (Å²) in [6, 6.07) is 7.70. The zero-order chi connectivity index (χ0) is 13.9. The van der Waals surface area contributed by atoms with Gasteiger partial charge < -0.3 is 5.32 Å². The van der Waals surface area contributed by atoms with E-state index in [1.54, 1.807) is 0 Å². The number of nitrogens with one attached hydrogen (secondary N) is 1. The van der Waals surface area contributed by atoms with Crippen LogP contribution < -0.4 is 5.32 Å². The van der Waals surface area contributed by atoms with Crippen LogP contribution >= 0.6 is 11.6 Å². The average Bonchev–Trinajstić information content (AvgIpc) is 2.39. The van der Waals surface area contributed by atoms with E-state index in [2.05, 4.69) is 5.32 Å². The van der Waals surface area contributed by atoms with Gasteiger partial charge in [-0.2, -0.15) is 0 Å². The first kappa shape index (κ1) is 14.4. The predicted octanol–water partition coefficient (Wildman–Crippen LogP) is 4.27. The first-order valence-corrected chi connectivity index (χ1v) is 7.45. The fraction of sp³-hybridized carbons (Fsp3) is 0.562. The van der Waals surface area contributed by atoms with E-state index in [0.29, 0.717) is 5.02 Å².